The van der Waals surface area contributed by atoms with Crippen molar-refractivity contribution in [2.75, 3.05) is 45.7 Å². The third-order valence-electron chi connectivity index (χ3n) is 5.64. The Hall–Kier alpha value is -4.14. The van der Waals surface area contributed by atoms with E-state index in [2.05, 4.69) is 14.9 Å². The molecular formula is C25H27N5O4. The Morgan fingerprint density at radius 2 is 1.71 bits per heavy atom. The zero-order chi connectivity index (χ0) is 24.1. The number of piperazine rings is 1. The van der Waals surface area contributed by atoms with Crippen molar-refractivity contribution in [3.63, 3.8) is 0 Å². The molecule has 2 aromatic carbocycles. The van der Waals surface area contributed by atoms with Crippen molar-refractivity contribution in [2.24, 2.45) is 0 Å². The predicted molar refractivity (Wildman–Crippen MR) is 127 cm³/mol. The van der Waals surface area contributed by atoms with Crippen molar-refractivity contribution >= 4 is 17.5 Å². The lowest BCUT2D eigenvalue weighted by Gasteiger charge is -2.42. The molecule has 0 spiro atoms. The van der Waals surface area contributed by atoms with Crippen LogP contribution in [0.5, 0.6) is 17.5 Å². The van der Waals surface area contributed by atoms with Crippen molar-refractivity contribution in [3.05, 3.63) is 72.6 Å². The second-order valence-electron chi connectivity index (χ2n) is 8.05. The van der Waals surface area contributed by atoms with Gasteiger partial charge in [-0.05, 0) is 48.5 Å². The highest BCUT2D eigenvalue weighted by atomic mass is 16.5. The van der Waals surface area contributed by atoms with E-state index in [4.69, 9.17) is 9.47 Å². The van der Waals surface area contributed by atoms with Gasteiger partial charge in [0.15, 0.2) is 0 Å². The molecule has 0 unspecified atom stereocenters. The number of hydrogen-bond acceptors (Lipinski definition) is 7. The molecule has 1 fully saturated rings. The number of carbonyl (C=O) groups excluding carboxylic acids is 2. The van der Waals surface area contributed by atoms with E-state index in [0.29, 0.717) is 30.9 Å². The number of methoxy groups -OCH3 is 1. The van der Waals surface area contributed by atoms with E-state index < -0.39 is 6.04 Å². The van der Waals surface area contributed by atoms with Crippen molar-refractivity contribution in [1.29, 1.82) is 0 Å². The standard InChI is InChI=1S/C25H27N5O4/c1-28(2)24(32)22-17-29(19-8-10-20(33-3)11-9-19)14-15-30(22)23(31)18-6-4-7-21(16-18)34-25-26-12-5-13-27-25/h4-13,16,22H,14-15,17H2,1-3H3/t22-/m1/s1. The maximum Gasteiger partial charge on any atom is 0.321 e. The van der Waals surface area contributed by atoms with Gasteiger partial charge in [0.25, 0.3) is 5.91 Å². The normalized spacial score (nSPS) is 15.6. The third kappa shape index (κ3) is 5.09. The SMILES string of the molecule is COc1ccc(N2CCN(C(=O)c3cccc(Oc4ncccn4)c3)[C@@H](C(=O)N(C)C)C2)cc1. The summed E-state index contributed by atoms with van der Waals surface area (Å²) < 4.78 is 10.9. The Morgan fingerprint density at radius 3 is 2.38 bits per heavy atom. The number of aromatic nitrogens is 2. The summed E-state index contributed by atoms with van der Waals surface area (Å²) in [5.41, 5.74) is 1.41. The summed E-state index contributed by atoms with van der Waals surface area (Å²) in [6.45, 7) is 1.40. The van der Waals surface area contributed by atoms with Crippen LogP contribution in [0.1, 0.15) is 10.4 Å². The molecule has 9 nitrogen and oxygen atoms in total. The zero-order valence-electron chi connectivity index (χ0n) is 19.4. The summed E-state index contributed by atoms with van der Waals surface area (Å²) in [4.78, 5) is 39.9. The van der Waals surface area contributed by atoms with Gasteiger partial charge in [0.1, 0.15) is 17.5 Å². The molecule has 0 saturated carbocycles. The van der Waals surface area contributed by atoms with Crippen LogP contribution < -0.4 is 14.4 Å². The summed E-state index contributed by atoms with van der Waals surface area (Å²) in [7, 11) is 5.02. The smallest absolute Gasteiger partial charge is 0.321 e. The van der Waals surface area contributed by atoms with Crippen LogP contribution in [0.15, 0.2) is 67.0 Å². The van der Waals surface area contributed by atoms with Crippen LogP contribution in [-0.2, 0) is 4.79 Å². The highest BCUT2D eigenvalue weighted by molar-refractivity contribution is 5.98. The van der Waals surface area contributed by atoms with Gasteiger partial charge in [0.2, 0.25) is 5.91 Å². The molecule has 1 aliphatic heterocycles. The highest BCUT2D eigenvalue weighted by Gasteiger charge is 2.36. The molecule has 1 aromatic heterocycles. The molecule has 0 bridgehead atoms. The minimum absolute atomic E-state index is 0.128. The Labute approximate surface area is 198 Å². The van der Waals surface area contributed by atoms with Crippen molar-refractivity contribution in [3.8, 4) is 17.5 Å². The number of benzene rings is 2. The van der Waals surface area contributed by atoms with Crippen molar-refractivity contribution in [1.82, 2.24) is 19.8 Å². The van der Waals surface area contributed by atoms with E-state index >= 15 is 0 Å². The summed E-state index contributed by atoms with van der Waals surface area (Å²) in [5, 5.41) is 0. The van der Waals surface area contributed by atoms with Crippen LogP contribution >= 0.6 is 0 Å². The molecular weight excluding hydrogens is 434 g/mol. The monoisotopic (exact) mass is 461 g/mol. The number of hydrogen-bond donors (Lipinski definition) is 0. The molecule has 176 valence electrons. The van der Waals surface area contributed by atoms with E-state index in [1.54, 1.807) is 68.8 Å². The lowest BCUT2D eigenvalue weighted by Crippen LogP contribution is -2.60. The first kappa shape index (κ1) is 23.0. The summed E-state index contributed by atoms with van der Waals surface area (Å²) >= 11 is 0. The van der Waals surface area contributed by atoms with E-state index in [-0.39, 0.29) is 17.8 Å². The molecule has 0 radical (unpaired) electrons. The number of ether oxygens (including phenoxy) is 2. The van der Waals surface area contributed by atoms with Crippen LogP contribution in [0.3, 0.4) is 0 Å². The number of nitrogens with zero attached hydrogens (tertiary/aromatic N) is 5. The van der Waals surface area contributed by atoms with Crippen LogP contribution in [0.2, 0.25) is 0 Å². The topological polar surface area (TPSA) is 88.1 Å². The third-order valence-corrected chi connectivity index (χ3v) is 5.64. The van der Waals surface area contributed by atoms with Gasteiger partial charge in [0.05, 0.1) is 7.11 Å². The number of carbonyl (C=O) groups is 2. The molecule has 2 amide bonds. The minimum atomic E-state index is -0.625. The Bertz CT molecular complexity index is 1140. The van der Waals surface area contributed by atoms with Gasteiger partial charge < -0.3 is 24.2 Å². The quantitative estimate of drug-likeness (QED) is 0.558. The van der Waals surface area contributed by atoms with Gasteiger partial charge in [-0.3, -0.25) is 9.59 Å². The molecule has 0 N–H and O–H groups in total. The second kappa shape index (κ2) is 10.2. The van der Waals surface area contributed by atoms with Gasteiger partial charge >= 0.3 is 6.01 Å². The average molecular weight is 462 g/mol. The van der Waals surface area contributed by atoms with Crippen LogP contribution in [-0.4, -0.2) is 78.5 Å². The minimum Gasteiger partial charge on any atom is -0.497 e. The lowest BCUT2D eigenvalue weighted by molar-refractivity contribution is -0.133. The van der Waals surface area contributed by atoms with Crippen LogP contribution in [0, 0.1) is 0 Å². The van der Waals surface area contributed by atoms with E-state index in [9.17, 15) is 9.59 Å². The van der Waals surface area contributed by atoms with Gasteiger partial charge in [0, 0.05) is 57.4 Å². The van der Waals surface area contributed by atoms with Crippen molar-refractivity contribution in [2.45, 2.75) is 6.04 Å². The Morgan fingerprint density at radius 1 is 0.971 bits per heavy atom. The number of amides is 2. The molecule has 4 rings (SSSR count). The first-order valence-electron chi connectivity index (χ1n) is 10.9. The lowest BCUT2D eigenvalue weighted by atomic mass is 10.1. The van der Waals surface area contributed by atoms with E-state index in [1.807, 2.05) is 24.3 Å². The second-order valence-corrected chi connectivity index (χ2v) is 8.05. The molecule has 34 heavy (non-hydrogen) atoms. The Kier molecular flexibility index (Phi) is 6.91. The fourth-order valence-corrected chi connectivity index (χ4v) is 3.86. The molecule has 1 atom stereocenters. The number of rotatable bonds is 6. The molecule has 3 aromatic rings. The first-order valence-corrected chi connectivity index (χ1v) is 10.9. The van der Waals surface area contributed by atoms with Crippen LogP contribution in [0.4, 0.5) is 5.69 Å². The molecule has 2 heterocycles. The van der Waals surface area contributed by atoms with E-state index in [0.717, 1.165) is 11.4 Å². The number of anilines is 1. The van der Waals surface area contributed by atoms with Crippen molar-refractivity contribution < 1.29 is 19.1 Å². The van der Waals surface area contributed by atoms with Crippen LogP contribution in [0.25, 0.3) is 0 Å². The van der Waals surface area contributed by atoms with Gasteiger partial charge in [-0.15, -0.1) is 0 Å². The number of likely N-dealkylation sites (N-methyl/N-ethyl adjacent to an activating group) is 1. The fraction of sp³-hybridized carbons (Fsp3) is 0.280. The van der Waals surface area contributed by atoms with E-state index in [1.165, 1.54) is 4.90 Å². The predicted octanol–water partition coefficient (Wildman–Crippen LogP) is 2.70. The average Bonchev–Trinajstić information content (AvgIpc) is 2.88. The van der Waals surface area contributed by atoms with Gasteiger partial charge in [-0.25, -0.2) is 9.97 Å². The maximum absolute atomic E-state index is 13.5. The molecule has 9 heteroatoms. The zero-order valence-corrected chi connectivity index (χ0v) is 19.4. The summed E-state index contributed by atoms with van der Waals surface area (Å²) in [6.07, 6.45) is 3.16. The molecule has 1 aliphatic rings. The summed E-state index contributed by atoms with van der Waals surface area (Å²) in [5.74, 6) is 0.858. The highest BCUT2D eigenvalue weighted by Crippen LogP contribution is 2.25. The summed E-state index contributed by atoms with van der Waals surface area (Å²) in [6, 6.07) is 15.8. The molecule has 0 aliphatic carbocycles. The molecule has 1 saturated heterocycles. The van der Waals surface area contributed by atoms with Gasteiger partial charge in [-0.1, -0.05) is 6.07 Å². The maximum atomic E-state index is 13.5. The fourth-order valence-electron chi connectivity index (χ4n) is 3.86. The largest absolute Gasteiger partial charge is 0.497 e. The first-order chi connectivity index (χ1) is 16.5. The van der Waals surface area contributed by atoms with Gasteiger partial charge in [-0.2, -0.15) is 0 Å². The Balaban J connectivity index is 1.55.